The van der Waals surface area contributed by atoms with Crippen molar-refractivity contribution in [3.05, 3.63) is 41.7 Å². The summed E-state index contributed by atoms with van der Waals surface area (Å²) in [6.45, 7) is 3.53. The molecule has 0 bridgehead atoms. The zero-order chi connectivity index (χ0) is 20.2. The minimum absolute atomic E-state index is 0.142. The molecule has 1 saturated heterocycles. The fourth-order valence-corrected chi connectivity index (χ4v) is 5.15. The molecule has 2 aromatic rings. The third kappa shape index (κ3) is 4.06. The number of carbonyl (C=O) groups is 2. The molecule has 1 aromatic carbocycles. The number of benzene rings is 1. The summed E-state index contributed by atoms with van der Waals surface area (Å²) in [5.41, 5.74) is 2.53. The fraction of sp³-hybridized carbons (Fsp3) is 0.500. The van der Waals surface area contributed by atoms with Crippen molar-refractivity contribution in [1.29, 1.82) is 0 Å². The molecule has 0 N–H and O–H groups in total. The van der Waals surface area contributed by atoms with Gasteiger partial charge in [0, 0.05) is 30.2 Å². The molecule has 2 aliphatic heterocycles. The average molecular weight is 414 g/mol. The molecule has 1 aromatic heterocycles. The molecule has 7 heteroatoms. The molecule has 0 saturated carbocycles. The number of hydrogen-bond donors (Lipinski definition) is 0. The van der Waals surface area contributed by atoms with E-state index >= 15 is 0 Å². The Labute approximate surface area is 175 Å². The molecule has 1 amide bonds. The zero-order valence-corrected chi connectivity index (χ0v) is 17.6. The van der Waals surface area contributed by atoms with E-state index in [-0.39, 0.29) is 11.9 Å². The van der Waals surface area contributed by atoms with Crippen LogP contribution in [0.4, 0.5) is 0 Å². The highest BCUT2D eigenvalue weighted by atomic mass is 32.2. The van der Waals surface area contributed by atoms with Gasteiger partial charge in [0.1, 0.15) is 17.6 Å². The maximum Gasteiger partial charge on any atom is 0.329 e. The lowest BCUT2D eigenvalue weighted by molar-refractivity contribution is -0.147. The second-order valence-corrected chi connectivity index (χ2v) is 8.55. The molecule has 0 radical (unpaired) electrons. The summed E-state index contributed by atoms with van der Waals surface area (Å²) < 4.78 is 7.45. The summed E-state index contributed by atoms with van der Waals surface area (Å²) in [4.78, 5) is 32.5. The van der Waals surface area contributed by atoms with Gasteiger partial charge in [-0.15, -0.1) is 0 Å². The molecular weight excluding hydrogens is 386 g/mol. The van der Waals surface area contributed by atoms with Crippen molar-refractivity contribution in [3.63, 3.8) is 0 Å². The smallest absolute Gasteiger partial charge is 0.329 e. The van der Waals surface area contributed by atoms with Crippen molar-refractivity contribution in [2.45, 2.75) is 45.2 Å². The van der Waals surface area contributed by atoms with Crippen LogP contribution in [0.3, 0.4) is 0 Å². The van der Waals surface area contributed by atoms with Crippen molar-refractivity contribution >= 4 is 23.6 Å². The number of thioether (sulfide) groups is 1. The van der Waals surface area contributed by atoms with Gasteiger partial charge in [0.05, 0.1) is 12.3 Å². The number of hydrogen-bond acceptors (Lipinski definition) is 5. The number of imidazole rings is 1. The first-order chi connectivity index (χ1) is 14.2. The fourth-order valence-electron chi connectivity index (χ4n) is 4.12. The van der Waals surface area contributed by atoms with Gasteiger partial charge in [-0.2, -0.15) is 11.8 Å². The van der Waals surface area contributed by atoms with Crippen LogP contribution in [-0.2, 0) is 22.5 Å². The summed E-state index contributed by atoms with van der Waals surface area (Å²) in [5.74, 6) is 1.79. The Morgan fingerprint density at radius 3 is 2.79 bits per heavy atom. The van der Waals surface area contributed by atoms with Crippen LogP contribution in [-0.4, -0.2) is 57.0 Å². The predicted molar refractivity (Wildman–Crippen MR) is 114 cm³/mol. The lowest BCUT2D eigenvalue weighted by Crippen LogP contribution is -2.51. The highest BCUT2D eigenvalue weighted by Crippen LogP contribution is 2.29. The largest absolute Gasteiger partial charge is 0.464 e. The summed E-state index contributed by atoms with van der Waals surface area (Å²) in [6, 6.07) is 9.50. The summed E-state index contributed by atoms with van der Waals surface area (Å²) in [5, 5.41) is 0. The van der Waals surface area contributed by atoms with Gasteiger partial charge >= 0.3 is 5.97 Å². The third-order valence-corrected chi connectivity index (χ3v) is 6.57. The Bertz CT molecular complexity index is 881. The lowest BCUT2D eigenvalue weighted by atomic mass is 10.1. The Hall–Kier alpha value is -2.28. The van der Waals surface area contributed by atoms with E-state index in [1.165, 1.54) is 0 Å². The molecule has 3 heterocycles. The van der Waals surface area contributed by atoms with E-state index in [4.69, 9.17) is 9.72 Å². The van der Waals surface area contributed by atoms with Crippen molar-refractivity contribution in [1.82, 2.24) is 14.5 Å². The van der Waals surface area contributed by atoms with Gasteiger partial charge in [-0.3, -0.25) is 4.79 Å². The molecule has 29 heavy (non-hydrogen) atoms. The number of nitrogens with zero attached hydrogens (tertiary/aromatic N) is 3. The number of rotatable bonds is 4. The van der Waals surface area contributed by atoms with Crippen LogP contribution >= 0.6 is 11.8 Å². The van der Waals surface area contributed by atoms with Gasteiger partial charge in [0.15, 0.2) is 0 Å². The van der Waals surface area contributed by atoms with E-state index in [2.05, 4.69) is 4.57 Å². The first kappa shape index (κ1) is 20.0. The topological polar surface area (TPSA) is 64.4 Å². The second kappa shape index (κ2) is 9.03. The standard InChI is InChI=1S/C22H27N3O3S/c1-2-28-22(27)18-15-29-14-13-25(18)21(26)19-17-11-7-4-8-12-24(17)20(23-19)16-9-5-3-6-10-16/h3,5-6,9-10,18H,2,4,7-8,11-15H2,1H3. The molecule has 1 fully saturated rings. The minimum atomic E-state index is -0.537. The van der Waals surface area contributed by atoms with Crippen LogP contribution in [0.15, 0.2) is 30.3 Å². The quantitative estimate of drug-likeness (QED) is 0.719. The van der Waals surface area contributed by atoms with Gasteiger partial charge in [0.2, 0.25) is 0 Å². The molecular formula is C22H27N3O3S. The van der Waals surface area contributed by atoms with Crippen LogP contribution in [0.25, 0.3) is 11.4 Å². The van der Waals surface area contributed by atoms with Crippen LogP contribution < -0.4 is 0 Å². The summed E-state index contributed by atoms with van der Waals surface area (Å²) in [6.07, 6.45) is 4.13. The third-order valence-electron chi connectivity index (χ3n) is 5.55. The summed E-state index contributed by atoms with van der Waals surface area (Å²) >= 11 is 1.69. The molecule has 0 aliphatic carbocycles. The highest BCUT2D eigenvalue weighted by molar-refractivity contribution is 7.99. The lowest BCUT2D eigenvalue weighted by Gasteiger charge is -2.33. The average Bonchev–Trinajstić information content (AvgIpc) is 2.95. The maximum absolute atomic E-state index is 13.6. The number of amides is 1. The van der Waals surface area contributed by atoms with Gasteiger partial charge < -0.3 is 14.2 Å². The minimum Gasteiger partial charge on any atom is -0.464 e. The maximum atomic E-state index is 13.6. The van der Waals surface area contributed by atoms with Crippen LogP contribution in [0, 0.1) is 0 Å². The molecule has 154 valence electrons. The van der Waals surface area contributed by atoms with Crippen LogP contribution in [0.2, 0.25) is 0 Å². The highest BCUT2D eigenvalue weighted by Gasteiger charge is 2.37. The number of aromatic nitrogens is 2. The van der Waals surface area contributed by atoms with Crippen molar-refractivity contribution in [3.8, 4) is 11.4 Å². The first-order valence-corrected chi connectivity index (χ1v) is 11.6. The first-order valence-electron chi connectivity index (χ1n) is 10.4. The van der Waals surface area contributed by atoms with Gasteiger partial charge in [-0.25, -0.2) is 9.78 Å². The van der Waals surface area contributed by atoms with Crippen molar-refractivity contribution in [2.24, 2.45) is 0 Å². The molecule has 0 spiro atoms. The van der Waals surface area contributed by atoms with Crippen molar-refractivity contribution < 1.29 is 14.3 Å². The SMILES string of the molecule is CCOC(=O)C1CSCCN1C(=O)c1nc(-c2ccccc2)n2c1CCCCC2. The molecule has 6 nitrogen and oxygen atoms in total. The van der Waals surface area contributed by atoms with E-state index in [9.17, 15) is 9.59 Å². The number of fused-ring (bicyclic) bond motifs is 1. The second-order valence-electron chi connectivity index (χ2n) is 7.40. The van der Waals surface area contributed by atoms with Gasteiger partial charge in [-0.1, -0.05) is 36.8 Å². The molecule has 2 aliphatic rings. The number of esters is 1. The molecule has 4 rings (SSSR count). The van der Waals surface area contributed by atoms with Gasteiger partial charge in [-0.05, 0) is 26.2 Å². The van der Waals surface area contributed by atoms with Crippen molar-refractivity contribution in [2.75, 3.05) is 24.7 Å². The Morgan fingerprint density at radius 2 is 2.00 bits per heavy atom. The normalized spacial score (nSPS) is 19.3. The van der Waals surface area contributed by atoms with E-state index < -0.39 is 6.04 Å². The Morgan fingerprint density at radius 1 is 1.17 bits per heavy atom. The predicted octanol–water partition coefficient (Wildman–Crippen LogP) is 3.40. The van der Waals surface area contributed by atoms with E-state index in [0.717, 1.165) is 55.1 Å². The van der Waals surface area contributed by atoms with E-state index in [1.807, 2.05) is 30.3 Å². The monoisotopic (exact) mass is 413 g/mol. The number of ether oxygens (including phenoxy) is 1. The molecule has 1 unspecified atom stereocenters. The van der Waals surface area contributed by atoms with Gasteiger partial charge in [0.25, 0.3) is 5.91 Å². The Balaban J connectivity index is 1.73. The van der Waals surface area contributed by atoms with Crippen LogP contribution in [0.5, 0.6) is 0 Å². The van der Waals surface area contributed by atoms with Crippen LogP contribution in [0.1, 0.15) is 42.4 Å². The number of carbonyl (C=O) groups excluding carboxylic acids is 2. The molecule has 1 atom stereocenters. The van der Waals surface area contributed by atoms with E-state index in [0.29, 0.717) is 24.6 Å². The Kier molecular flexibility index (Phi) is 6.23. The zero-order valence-electron chi connectivity index (χ0n) is 16.8. The summed E-state index contributed by atoms with van der Waals surface area (Å²) in [7, 11) is 0. The van der Waals surface area contributed by atoms with E-state index in [1.54, 1.807) is 23.6 Å².